The van der Waals surface area contributed by atoms with Crippen LogP contribution in [-0.2, 0) is 6.61 Å². The van der Waals surface area contributed by atoms with Crippen LogP contribution in [0, 0.1) is 0 Å². The van der Waals surface area contributed by atoms with Crippen molar-refractivity contribution in [1.82, 2.24) is 4.98 Å². The molecule has 3 heteroatoms. The van der Waals surface area contributed by atoms with E-state index >= 15 is 0 Å². The summed E-state index contributed by atoms with van der Waals surface area (Å²) in [5.74, 6) is 0.455. The highest BCUT2D eigenvalue weighted by atomic mass is 16.3. The van der Waals surface area contributed by atoms with Crippen LogP contribution in [0.25, 0.3) is 10.8 Å². The molecular weight excluding hydrogens is 284 g/mol. The fourth-order valence-corrected chi connectivity index (χ4v) is 2.83. The van der Waals surface area contributed by atoms with Crippen molar-refractivity contribution in [2.45, 2.75) is 25.9 Å². The van der Waals surface area contributed by atoms with Gasteiger partial charge >= 0.3 is 0 Å². The van der Waals surface area contributed by atoms with Crippen LogP contribution in [0.2, 0.25) is 0 Å². The van der Waals surface area contributed by atoms with Crippen LogP contribution >= 0.6 is 0 Å². The molecule has 3 nitrogen and oxygen atoms in total. The van der Waals surface area contributed by atoms with Crippen molar-refractivity contribution in [1.29, 1.82) is 0 Å². The minimum Gasteiger partial charge on any atom is -0.392 e. The molecular formula is C20H22N2O. The van der Waals surface area contributed by atoms with Crippen molar-refractivity contribution in [2.75, 3.05) is 11.9 Å². The first kappa shape index (κ1) is 15.5. The number of rotatable bonds is 6. The number of hydrogen-bond acceptors (Lipinski definition) is 3. The molecule has 0 aliphatic carbocycles. The Morgan fingerprint density at radius 3 is 2.61 bits per heavy atom. The predicted molar refractivity (Wildman–Crippen MR) is 95.6 cm³/mol. The number of anilines is 1. The van der Waals surface area contributed by atoms with Crippen LogP contribution in [-0.4, -0.2) is 16.6 Å². The molecule has 1 aromatic heterocycles. The molecule has 0 saturated heterocycles. The number of aromatic nitrogens is 1. The van der Waals surface area contributed by atoms with Gasteiger partial charge in [0.1, 0.15) is 0 Å². The van der Waals surface area contributed by atoms with Gasteiger partial charge < -0.3 is 10.4 Å². The standard InChI is InChI=1S/C20H22N2O/c1-2-16(17-5-3-15(14-23)4-6-17)13-22-20-8-7-19-12-21-10-9-18(19)11-20/h3-12,16,22-23H,2,13-14H2,1H3. The molecule has 1 heterocycles. The molecule has 118 valence electrons. The van der Waals surface area contributed by atoms with E-state index in [1.165, 1.54) is 10.9 Å². The van der Waals surface area contributed by atoms with Crippen molar-refractivity contribution in [2.24, 2.45) is 0 Å². The molecule has 0 fully saturated rings. The molecule has 1 unspecified atom stereocenters. The average molecular weight is 306 g/mol. The third-order valence-corrected chi connectivity index (χ3v) is 4.32. The second-order valence-electron chi connectivity index (χ2n) is 5.82. The van der Waals surface area contributed by atoms with E-state index in [-0.39, 0.29) is 6.61 Å². The van der Waals surface area contributed by atoms with Crippen molar-refractivity contribution < 1.29 is 5.11 Å². The van der Waals surface area contributed by atoms with Crippen LogP contribution in [0.15, 0.2) is 60.9 Å². The second-order valence-corrected chi connectivity index (χ2v) is 5.82. The Bertz CT molecular complexity index is 768. The van der Waals surface area contributed by atoms with Gasteiger partial charge in [-0.15, -0.1) is 0 Å². The zero-order chi connectivity index (χ0) is 16.1. The Balaban J connectivity index is 1.70. The average Bonchev–Trinajstić information content (AvgIpc) is 2.62. The molecule has 0 spiro atoms. The highest BCUT2D eigenvalue weighted by molar-refractivity contribution is 5.84. The normalized spacial score (nSPS) is 12.3. The molecule has 3 rings (SSSR count). The number of hydrogen-bond donors (Lipinski definition) is 2. The number of nitrogens with zero attached hydrogens (tertiary/aromatic N) is 1. The molecule has 3 aromatic rings. The SMILES string of the molecule is CCC(CNc1ccc2cnccc2c1)c1ccc(CO)cc1. The summed E-state index contributed by atoms with van der Waals surface area (Å²) in [7, 11) is 0. The topological polar surface area (TPSA) is 45.2 Å². The van der Waals surface area contributed by atoms with Crippen LogP contribution < -0.4 is 5.32 Å². The lowest BCUT2D eigenvalue weighted by molar-refractivity contribution is 0.282. The van der Waals surface area contributed by atoms with Gasteiger partial charge in [0.2, 0.25) is 0 Å². The zero-order valence-corrected chi connectivity index (χ0v) is 13.4. The zero-order valence-electron chi connectivity index (χ0n) is 13.4. The summed E-state index contributed by atoms with van der Waals surface area (Å²) in [6.07, 6.45) is 4.78. The summed E-state index contributed by atoms with van der Waals surface area (Å²) in [5, 5.41) is 15.0. The van der Waals surface area contributed by atoms with E-state index in [2.05, 4.69) is 47.6 Å². The maximum absolute atomic E-state index is 9.15. The van der Waals surface area contributed by atoms with Crippen LogP contribution in [0.3, 0.4) is 0 Å². The maximum atomic E-state index is 9.15. The van der Waals surface area contributed by atoms with Crippen molar-refractivity contribution in [3.8, 4) is 0 Å². The van der Waals surface area contributed by atoms with Gasteiger partial charge in [-0.05, 0) is 41.1 Å². The number of aliphatic hydroxyl groups is 1. The number of benzene rings is 2. The van der Waals surface area contributed by atoms with Gasteiger partial charge in [-0.1, -0.05) is 37.3 Å². The smallest absolute Gasteiger partial charge is 0.0681 e. The number of fused-ring (bicyclic) bond motifs is 1. The molecule has 1 atom stereocenters. The van der Waals surface area contributed by atoms with Gasteiger partial charge in [0.15, 0.2) is 0 Å². The summed E-state index contributed by atoms with van der Waals surface area (Å²) in [6, 6.07) is 16.6. The molecule has 0 radical (unpaired) electrons. The molecule has 2 N–H and O–H groups in total. The number of aliphatic hydroxyl groups excluding tert-OH is 1. The molecule has 0 aliphatic heterocycles. The molecule has 2 aromatic carbocycles. The van der Waals surface area contributed by atoms with E-state index in [9.17, 15) is 0 Å². The lowest BCUT2D eigenvalue weighted by Crippen LogP contribution is -2.12. The quantitative estimate of drug-likeness (QED) is 0.712. The van der Waals surface area contributed by atoms with Crippen molar-refractivity contribution in [3.63, 3.8) is 0 Å². The summed E-state index contributed by atoms with van der Waals surface area (Å²) in [5.41, 5.74) is 3.40. The Morgan fingerprint density at radius 2 is 1.87 bits per heavy atom. The Labute approximate surface area is 137 Å². The molecule has 0 amide bonds. The summed E-state index contributed by atoms with van der Waals surface area (Å²) in [6.45, 7) is 3.20. The highest BCUT2D eigenvalue weighted by Crippen LogP contribution is 2.23. The minimum absolute atomic E-state index is 0.0985. The number of pyridine rings is 1. The fraction of sp³-hybridized carbons (Fsp3) is 0.250. The van der Waals surface area contributed by atoms with Gasteiger partial charge in [0.25, 0.3) is 0 Å². The van der Waals surface area contributed by atoms with Gasteiger partial charge in [-0.2, -0.15) is 0 Å². The minimum atomic E-state index is 0.0985. The summed E-state index contributed by atoms with van der Waals surface area (Å²) < 4.78 is 0. The third-order valence-electron chi connectivity index (χ3n) is 4.32. The largest absolute Gasteiger partial charge is 0.392 e. The van der Waals surface area contributed by atoms with Gasteiger partial charge in [0, 0.05) is 35.9 Å². The van der Waals surface area contributed by atoms with E-state index < -0.39 is 0 Å². The number of nitrogens with one attached hydrogen (secondary N) is 1. The van der Waals surface area contributed by atoms with E-state index in [1.807, 2.05) is 30.6 Å². The third kappa shape index (κ3) is 3.69. The molecule has 0 aliphatic rings. The van der Waals surface area contributed by atoms with E-state index in [1.54, 1.807) is 0 Å². The van der Waals surface area contributed by atoms with Crippen molar-refractivity contribution >= 4 is 16.5 Å². The van der Waals surface area contributed by atoms with Crippen molar-refractivity contribution in [3.05, 3.63) is 72.1 Å². The Morgan fingerprint density at radius 1 is 1.04 bits per heavy atom. The van der Waals surface area contributed by atoms with Gasteiger partial charge in [0.05, 0.1) is 6.61 Å². The lowest BCUT2D eigenvalue weighted by Gasteiger charge is -2.17. The summed E-state index contributed by atoms with van der Waals surface area (Å²) in [4.78, 5) is 4.15. The van der Waals surface area contributed by atoms with Crippen LogP contribution in [0.1, 0.15) is 30.4 Å². The fourth-order valence-electron chi connectivity index (χ4n) is 2.83. The van der Waals surface area contributed by atoms with E-state index in [0.29, 0.717) is 5.92 Å². The maximum Gasteiger partial charge on any atom is 0.0681 e. The Hall–Kier alpha value is -2.39. The molecule has 23 heavy (non-hydrogen) atoms. The van der Waals surface area contributed by atoms with Crippen LogP contribution in [0.5, 0.6) is 0 Å². The van der Waals surface area contributed by atoms with E-state index in [4.69, 9.17) is 5.11 Å². The first-order valence-electron chi connectivity index (χ1n) is 8.07. The summed E-state index contributed by atoms with van der Waals surface area (Å²) >= 11 is 0. The van der Waals surface area contributed by atoms with Gasteiger partial charge in [-0.25, -0.2) is 0 Å². The van der Waals surface area contributed by atoms with Crippen LogP contribution in [0.4, 0.5) is 5.69 Å². The highest BCUT2D eigenvalue weighted by Gasteiger charge is 2.09. The predicted octanol–water partition coefficient (Wildman–Crippen LogP) is 4.33. The van der Waals surface area contributed by atoms with Gasteiger partial charge in [-0.3, -0.25) is 4.98 Å². The lowest BCUT2D eigenvalue weighted by atomic mass is 9.95. The monoisotopic (exact) mass is 306 g/mol. The first-order chi connectivity index (χ1) is 11.3. The molecule has 0 bridgehead atoms. The molecule has 0 saturated carbocycles. The van der Waals surface area contributed by atoms with E-state index in [0.717, 1.165) is 29.6 Å². The first-order valence-corrected chi connectivity index (χ1v) is 8.07. The Kier molecular flexibility index (Phi) is 4.89. The second kappa shape index (κ2) is 7.25.